The minimum Gasteiger partial charge on any atom is -0.313 e. The van der Waals surface area contributed by atoms with Gasteiger partial charge in [-0.2, -0.15) is 0 Å². The Balaban J connectivity index is 2.02. The molecule has 1 N–H and O–H groups in total. The summed E-state index contributed by atoms with van der Waals surface area (Å²) < 4.78 is 13.1. The van der Waals surface area contributed by atoms with Crippen LogP contribution in [0.4, 0.5) is 4.39 Å². The van der Waals surface area contributed by atoms with E-state index in [4.69, 9.17) is 0 Å². The Kier molecular flexibility index (Phi) is 3.34. The molecule has 1 aliphatic rings. The zero-order valence-corrected chi connectivity index (χ0v) is 11.1. The molecule has 0 amide bonds. The Morgan fingerprint density at radius 3 is 2.32 bits per heavy atom. The van der Waals surface area contributed by atoms with Gasteiger partial charge >= 0.3 is 0 Å². The molecule has 0 radical (unpaired) electrons. The maximum absolute atomic E-state index is 13.1. The minimum absolute atomic E-state index is 0.166. The number of rotatable bonds is 2. The third kappa shape index (κ3) is 2.28. The van der Waals surface area contributed by atoms with Crippen LogP contribution in [0.25, 0.3) is 0 Å². The fourth-order valence-corrected chi connectivity index (χ4v) is 3.13. The second-order valence-corrected chi connectivity index (χ2v) is 5.15. The van der Waals surface area contributed by atoms with Crippen LogP contribution < -0.4 is 5.32 Å². The van der Waals surface area contributed by atoms with E-state index in [0.717, 1.165) is 12.8 Å². The molecule has 0 bridgehead atoms. The predicted molar refractivity (Wildman–Crippen MR) is 75.7 cm³/mol. The third-order valence-electron chi connectivity index (χ3n) is 4.11. The number of hydrogen-bond acceptors (Lipinski definition) is 1. The first-order chi connectivity index (χ1) is 9.29. The van der Waals surface area contributed by atoms with E-state index in [2.05, 4.69) is 29.6 Å². The summed E-state index contributed by atoms with van der Waals surface area (Å²) in [4.78, 5) is 0. The van der Waals surface area contributed by atoms with Crippen molar-refractivity contribution in [2.24, 2.45) is 0 Å². The van der Waals surface area contributed by atoms with Gasteiger partial charge in [0, 0.05) is 12.0 Å². The van der Waals surface area contributed by atoms with Crippen molar-refractivity contribution in [1.29, 1.82) is 0 Å². The molecule has 0 saturated carbocycles. The SMILES string of the molecule is CN[C@H]1CC[C@@H](c2ccc(F)cc2)c2ccccc21. The zero-order chi connectivity index (χ0) is 13.2. The molecular weight excluding hydrogens is 237 g/mol. The molecule has 0 heterocycles. The summed E-state index contributed by atoms with van der Waals surface area (Å²) >= 11 is 0. The van der Waals surface area contributed by atoms with Crippen molar-refractivity contribution in [1.82, 2.24) is 5.32 Å². The summed E-state index contributed by atoms with van der Waals surface area (Å²) in [5, 5.41) is 3.38. The predicted octanol–water partition coefficient (Wildman–Crippen LogP) is 4.01. The number of hydrogen-bond donors (Lipinski definition) is 1. The van der Waals surface area contributed by atoms with Gasteiger partial charge in [-0.25, -0.2) is 4.39 Å². The monoisotopic (exact) mass is 255 g/mol. The van der Waals surface area contributed by atoms with Gasteiger partial charge in [0.2, 0.25) is 0 Å². The van der Waals surface area contributed by atoms with Crippen molar-refractivity contribution in [2.75, 3.05) is 7.05 Å². The lowest BCUT2D eigenvalue weighted by atomic mass is 9.77. The number of halogens is 1. The third-order valence-corrected chi connectivity index (χ3v) is 4.11. The second kappa shape index (κ2) is 5.14. The van der Waals surface area contributed by atoms with Crippen molar-refractivity contribution < 1.29 is 4.39 Å². The van der Waals surface area contributed by atoms with E-state index < -0.39 is 0 Å². The van der Waals surface area contributed by atoms with Gasteiger partial charge in [0.15, 0.2) is 0 Å². The van der Waals surface area contributed by atoms with E-state index in [0.29, 0.717) is 12.0 Å². The second-order valence-electron chi connectivity index (χ2n) is 5.15. The standard InChI is InChI=1S/C17H18FN/c1-19-17-11-10-14(12-6-8-13(18)9-7-12)15-4-2-3-5-16(15)17/h2-9,14,17,19H,10-11H2,1H3/t14-,17-/m0/s1. The number of fused-ring (bicyclic) bond motifs is 1. The van der Waals surface area contributed by atoms with Gasteiger partial charge in [0.25, 0.3) is 0 Å². The van der Waals surface area contributed by atoms with Gasteiger partial charge in [-0.3, -0.25) is 0 Å². The van der Waals surface area contributed by atoms with Crippen LogP contribution in [0.15, 0.2) is 48.5 Å². The van der Waals surface area contributed by atoms with E-state index >= 15 is 0 Å². The molecule has 3 rings (SSSR count). The summed E-state index contributed by atoms with van der Waals surface area (Å²) in [6, 6.07) is 16.0. The first-order valence-electron chi connectivity index (χ1n) is 6.81. The lowest BCUT2D eigenvalue weighted by molar-refractivity contribution is 0.470. The molecule has 2 aromatic rings. The van der Waals surface area contributed by atoms with Crippen LogP contribution in [0.1, 0.15) is 41.5 Å². The Morgan fingerprint density at radius 2 is 1.63 bits per heavy atom. The fraction of sp³-hybridized carbons (Fsp3) is 0.294. The van der Waals surface area contributed by atoms with Crippen LogP contribution in [0.2, 0.25) is 0 Å². The van der Waals surface area contributed by atoms with Crippen LogP contribution in [-0.2, 0) is 0 Å². The fourth-order valence-electron chi connectivity index (χ4n) is 3.13. The molecule has 98 valence electrons. The number of benzene rings is 2. The summed E-state index contributed by atoms with van der Waals surface area (Å²) in [7, 11) is 2.01. The molecule has 1 nitrogen and oxygen atoms in total. The van der Waals surface area contributed by atoms with Crippen LogP contribution in [0, 0.1) is 5.82 Å². The molecule has 0 spiro atoms. The van der Waals surface area contributed by atoms with Crippen molar-refractivity contribution in [3.8, 4) is 0 Å². The van der Waals surface area contributed by atoms with E-state index in [9.17, 15) is 4.39 Å². The Labute approximate surface area is 113 Å². The molecule has 0 unspecified atom stereocenters. The number of nitrogens with one attached hydrogen (secondary N) is 1. The quantitative estimate of drug-likeness (QED) is 0.855. The average Bonchev–Trinajstić information content (AvgIpc) is 2.47. The highest BCUT2D eigenvalue weighted by atomic mass is 19.1. The van der Waals surface area contributed by atoms with E-state index in [1.165, 1.54) is 16.7 Å². The maximum Gasteiger partial charge on any atom is 0.123 e. The lowest BCUT2D eigenvalue weighted by Gasteiger charge is -2.31. The van der Waals surface area contributed by atoms with E-state index in [1.807, 2.05) is 19.2 Å². The molecule has 2 aromatic carbocycles. The van der Waals surface area contributed by atoms with Gasteiger partial charge in [-0.05, 0) is 48.7 Å². The molecule has 0 saturated heterocycles. The van der Waals surface area contributed by atoms with Gasteiger partial charge < -0.3 is 5.32 Å². The maximum atomic E-state index is 13.1. The zero-order valence-electron chi connectivity index (χ0n) is 11.1. The van der Waals surface area contributed by atoms with Crippen molar-refractivity contribution in [3.05, 3.63) is 71.0 Å². The smallest absolute Gasteiger partial charge is 0.123 e. The van der Waals surface area contributed by atoms with Crippen LogP contribution >= 0.6 is 0 Å². The molecule has 0 aromatic heterocycles. The van der Waals surface area contributed by atoms with Crippen LogP contribution in [0.5, 0.6) is 0 Å². The van der Waals surface area contributed by atoms with Crippen LogP contribution in [0.3, 0.4) is 0 Å². The molecule has 0 fully saturated rings. The lowest BCUT2D eigenvalue weighted by Crippen LogP contribution is -2.24. The van der Waals surface area contributed by atoms with E-state index in [-0.39, 0.29) is 5.82 Å². The highest BCUT2D eigenvalue weighted by molar-refractivity contribution is 5.41. The summed E-state index contributed by atoms with van der Waals surface area (Å²) in [6.07, 6.45) is 2.23. The molecule has 2 heteroatoms. The Bertz CT molecular complexity index is 562. The molecule has 1 aliphatic carbocycles. The normalized spacial score (nSPS) is 22.0. The first-order valence-corrected chi connectivity index (χ1v) is 6.81. The van der Waals surface area contributed by atoms with E-state index in [1.54, 1.807) is 12.1 Å². The summed E-state index contributed by atoms with van der Waals surface area (Å²) in [5.41, 5.74) is 3.97. The van der Waals surface area contributed by atoms with Crippen molar-refractivity contribution in [3.63, 3.8) is 0 Å². The largest absolute Gasteiger partial charge is 0.313 e. The minimum atomic E-state index is -0.166. The highest BCUT2D eigenvalue weighted by Gasteiger charge is 2.26. The molecule has 2 atom stereocenters. The summed E-state index contributed by atoms with van der Waals surface area (Å²) in [6.45, 7) is 0. The Hall–Kier alpha value is -1.67. The van der Waals surface area contributed by atoms with Gasteiger partial charge in [-0.1, -0.05) is 36.4 Å². The van der Waals surface area contributed by atoms with Gasteiger partial charge in [0.05, 0.1) is 0 Å². The molecular formula is C17H18FN. The highest BCUT2D eigenvalue weighted by Crippen LogP contribution is 2.40. The average molecular weight is 255 g/mol. The topological polar surface area (TPSA) is 12.0 Å². The van der Waals surface area contributed by atoms with Gasteiger partial charge in [0.1, 0.15) is 5.82 Å². The van der Waals surface area contributed by atoms with Crippen LogP contribution in [-0.4, -0.2) is 7.05 Å². The molecule has 0 aliphatic heterocycles. The van der Waals surface area contributed by atoms with Gasteiger partial charge in [-0.15, -0.1) is 0 Å². The van der Waals surface area contributed by atoms with Crippen molar-refractivity contribution in [2.45, 2.75) is 24.8 Å². The Morgan fingerprint density at radius 1 is 0.947 bits per heavy atom. The molecule has 19 heavy (non-hydrogen) atoms. The van der Waals surface area contributed by atoms with Crippen molar-refractivity contribution >= 4 is 0 Å². The summed E-state index contributed by atoms with van der Waals surface area (Å²) in [5.74, 6) is 0.224. The first kappa shape index (κ1) is 12.4.